The zero-order valence-electron chi connectivity index (χ0n) is 19.3. The van der Waals surface area contributed by atoms with Gasteiger partial charge in [0.25, 0.3) is 11.8 Å². The number of unbranched alkanes of at least 4 members (excludes halogenated alkanes) is 1. The lowest BCUT2D eigenvalue weighted by atomic mass is 10.1. The van der Waals surface area contributed by atoms with Crippen LogP contribution in [-0.4, -0.2) is 24.6 Å². The number of hydrogen-bond acceptors (Lipinski definition) is 4. The predicted octanol–water partition coefficient (Wildman–Crippen LogP) is 7.42. The van der Waals surface area contributed by atoms with Gasteiger partial charge in [0.1, 0.15) is 0 Å². The van der Waals surface area contributed by atoms with Crippen LogP contribution < -0.4 is 15.5 Å². The molecule has 0 bridgehead atoms. The number of rotatable bonds is 10. The minimum absolute atomic E-state index is 0.145. The molecule has 3 aromatic rings. The van der Waals surface area contributed by atoms with Crippen LogP contribution in [-0.2, 0) is 11.2 Å². The zero-order chi connectivity index (χ0) is 26.1. The van der Waals surface area contributed by atoms with Crippen LogP contribution in [0.4, 0.5) is 5.69 Å². The van der Waals surface area contributed by atoms with E-state index < -0.39 is 5.91 Å². The maximum Gasteiger partial charge on any atom is 0.271 e. The number of benzene rings is 3. The molecule has 0 aliphatic heterocycles. The molecule has 0 fully saturated rings. The van der Waals surface area contributed by atoms with E-state index in [1.165, 1.54) is 17.8 Å². The van der Waals surface area contributed by atoms with Gasteiger partial charge in [-0.3, -0.25) is 9.59 Å². The first-order valence-electron chi connectivity index (χ1n) is 11.1. The number of ether oxygens (including phenoxy) is 1. The van der Waals surface area contributed by atoms with E-state index in [1.807, 2.05) is 12.1 Å². The summed E-state index contributed by atoms with van der Waals surface area (Å²) in [6, 6.07) is 15.2. The van der Waals surface area contributed by atoms with Gasteiger partial charge in [-0.05, 0) is 66.4 Å². The number of aryl methyl sites for hydroxylation is 1. The predicted molar refractivity (Wildman–Crippen MR) is 147 cm³/mol. The maximum absolute atomic E-state index is 12.3. The largest absolute Gasteiger partial charge is 0.481 e. The first-order chi connectivity index (χ1) is 17.3. The molecule has 3 aromatic carbocycles. The Morgan fingerprint density at radius 3 is 2.25 bits per heavy atom. The van der Waals surface area contributed by atoms with Crippen LogP contribution in [0.25, 0.3) is 0 Å². The number of anilines is 1. The van der Waals surface area contributed by atoms with Gasteiger partial charge in [0, 0.05) is 11.3 Å². The third-order valence-electron chi connectivity index (χ3n) is 4.99. The highest BCUT2D eigenvalue weighted by atomic mass is 35.5. The standard InChI is InChI=1S/C26H23Cl4N3O3/c1-2-3-4-16-5-7-18(8-6-16)26(35)33-31-14-17-11-22(29)25(23(30)12-17)36-15-24(34)32-19-9-10-20(27)21(28)13-19/h5-14H,2-4,15H2,1H3,(H,32,34)(H,33,35)/b31-14+. The van der Waals surface area contributed by atoms with E-state index in [1.54, 1.807) is 36.4 Å². The normalized spacial score (nSPS) is 10.9. The first-order valence-corrected chi connectivity index (χ1v) is 12.6. The van der Waals surface area contributed by atoms with Gasteiger partial charge < -0.3 is 10.1 Å². The molecule has 0 atom stereocenters. The summed E-state index contributed by atoms with van der Waals surface area (Å²) >= 11 is 24.4. The van der Waals surface area contributed by atoms with E-state index in [4.69, 9.17) is 51.1 Å². The molecule has 0 saturated carbocycles. The SMILES string of the molecule is CCCCc1ccc(C(=O)N/N=C/c2cc(Cl)c(OCC(=O)Nc3ccc(Cl)c(Cl)c3)c(Cl)c2)cc1. The van der Waals surface area contributed by atoms with E-state index in [9.17, 15) is 9.59 Å². The summed E-state index contributed by atoms with van der Waals surface area (Å²) in [6.07, 6.45) is 4.62. The minimum atomic E-state index is -0.438. The number of hydrazone groups is 1. The molecule has 3 rings (SSSR count). The van der Waals surface area contributed by atoms with Crippen molar-refractivity contribution in [1.82, 2.24) is 5.43 Å². The maximum atomic E-state index is 12.3. The molecular formula is C26H23Cl4N3O3. The van der Waals surface area contributed by atoms with Gasteiger partial charge in [-0.1, -0.05) is 71.9 Å². The summed E-state index contributed by atoms with van der Waals surface area (Å²) in [5.41, 5.74) is 5.18. The Hall–Kier alpha value is -2.77. The van der Waals surface area contributed by atoms with Gasteiger partial charge in [-0.25, -0.2) is 5.43 Å². The highest BCUT2D eigenvalue weighted by Gasteiger charge is 2.12. The summed E-state index contributed by atoms with van der Waals surface area (Å²) in [7, 11) is 0. The fraction of sp³-hybridized carbons (Fsp3) is 0.192. The number of nitrogens with one attached hydrogen (secondary N) is 2. The Labute approximate surface area is 229 Å². The zero-order valence-corrected chi connectivity index (χ0v) is 22.3. The second kappa shape index (κ2) is 13.5. The number of carbonyl (C=O) groups excluding carboxylic acids is 2. The van der Waals surface area contributed by atoms with Crippen LogP contribution in [0.15, 0.2) is 59.7 Å². The highest BCUT2D eigenvalue weighted by molar-refractivity contribution is 6.42. The second-order valence-electron chi connectivity index (χ2n) is 7.78. The smallest absolute Gasteiger partial charge is 0.271 e. The Morgan fingerprint density at radius 1 is 0.917 bits per heavy atom. The highest BCUT2D eigenvalue weighted by Crippen LogP contribution is 2.34. The third kappa shape index (κ3) is 8.14. The summed E-state index contributed by atoms with van der Waals surface area (Å²) in [5.74, 6) is -0.627. The Bertz CT molecular complexity index is 1240. The van der Waals surface area contributed by atoms with Crippen molar-refractivity contribution in [1.29, 1.82) is 0 Å². The van der Waals surface area contributed by atoms with E-state index in [0.717, 1.165) is 19.3 Å². The van der Waals surface area contributed by atoms with Crippen LogP contribution in [0.1, 0.15) is 41.3 Å². The molecule has 0 heterocycles. The van der Waals surface area contributed by atoms with Crippen LogP contribution in [0.5, 0.6) is 5.75 Å². The fourth-order valence-corrected chi connectivity index (χ4v) is 4.05. The van der Waals surface area contributed by atoms with Crippen LogP contribution in [0, 0.1) is 0 Å². The van der Waals surface area contributed by atoms with E-state index in [2.05, 4.69) is 22.8 Å². The average Bonchev–Trinajstić information content (AvgIpc) is 2.84. The average molecular weight is 567 g/mol. The molecule has 0 aliphatic rings. The number of hydrogen-bond donors (Lipinski definition) is 2. The van der Waals surface area contributed by atoms with Gasteiger partial charge in [0.05, 0.1) is 26.3 Å². The fourth-order valence-electron chi connectivity index (χ4n) is 3.13. The van der Waals surface area contributed by atoms with Crippen molar-refractivity contribution in [2.75, 3.05) is 11.9 Å². The molecule has 10 heteroatoms. The minimum Gasteiger partial charge on any atom is -0.481 e. The second-order valence-corrected chi connectivity index (χ2v) is 9.41. The number of halogens is 4. The van der Waals surface area contributed by atoms with Crippen molar-refractivity contribution < 1.29 is 14.3 Å². The van der Waals surface area contributed by atoms with Gasteiger partial charge in [0.2, 0.25) is 0 Å². The van der Waals surface area contributed by atoms with Crippen molar-refractivity contribution in [3.8, 4) is 5.75 Å². The monoisotopic (exact) mass is 565 g/mol. The molecule has 2 N–H and O–H groups in total. The van der Waals surface area contributed by atoms with Crippen molar-refractivity contribution in [2.45, 2.75) is 26.2 Å². The van der Waals surface area contributed by atoms with E-state index in [0.29, 0.717) is 26.9 Å². The molecule has 0 saturated heterocycles. The molecular weight excluding hydrogens is 544 g/mol. The Balaban J connectivity index is 1.55. The molecule has 188 valence electrons. The lowest BCUT2D eigenvalue weighted by molar-refractivity contribution is -0.118. The molecule has 0 aromatic heterocycles. The molecule has 36 heavy (non-hydrogen) atoms. The lowest BCUT2D eigenvalue weighted by Gasteiger charge is -2.11. The van der Waals surface area contributed by atoms with Crippen LogP contribution in [0.2, 0.25) is 20.1 Å². The van der Waals surface area contributed by atoms with Gasteiger partial charge >= 0.3 is 0 Å². The van der Waals surface area contributed by atoms with Gasteiger partial charge in [-0.2, -0.15) is 5.10 Å². The summed E-state index contributed by atoms with van der Waals surface area (Å²) in [6.45, 7) is 1.81. The molecule has 0 aliphatic carbocycles. The van der Waals surface area contributed by atoms with Gasteiger partial charge in [0.15, 0.2) is 12.4 Å². The Morgan fingerprint density at radius 2 is 1.61 bits per heavy atom. The first kappa shape index (κ1) is 27.8. The molecule has 0 unspecified atom stereocenters. The number of carbonyl (C=O) groups is 2. The molecule has 2 amide bonds. The summed E-state index contributed by atoms with van der Waals surface area (Å²) < 4.78 is 5.50. The molecule has 0 radical (unpaired) electrons. The van der Waals surface area contributed by atoms with E-state index >= 15 is 0 Å². The Kier molecular flexibility index (Phi) is 10.4. The number of amides is 2. The quantitative estimate of drug-likeness (QED) is 0.198. The van der Waals surface area contributed by atoms with Crippen molar-refractivity contribution >= 4 is 70.1 Å². The van der Waals surface area contributed by atoms with Crippen molar-refractivity contribution in [2.24, 2.45) is 5.10 Å². The third-order valence-corrected chi connectivity index (χ3v) is 6.29. The van der Waals surface area contributed by atoms with Crippen molar-refractivity contribution in [3.05, 3.63) is 91.4 Å². The van der Waals surface area contributed by atoms with Crippen LogP contribution in [0.3, 0.4) is 0 Å². The summed E-state index contributed by atoms with van der Waals surface area (Å²) in [5, 5.41) is 7.66. The van der Waals surface area contributed by atoms with Crippen LogP contribution >= 0.6 is 46.4 Å². The lowest BCUT2D eigenvalue weighted by Crippen LogP contribution is -2.20. The number of nitrogens with zero attached hydrogens (tertiary/aromatic N) is 1. The molecule has 0 spiro atoms. The topological polar surface area (TPSA) is 79.8 Å². The van der Waals surface area contributed by atoms with E-state index in [-0.39, 0.29) is 28.3 Å². The van der Waals surface area contributed by atoms with Gasteiger partial charge in [-0.15, -0.1) is 0 Å². The van der Waals surface area contributed by atoms with Crippen molar-refractivity contribution in [3.63, 3.8) is 0 Å². The molecule has 6 nitrogen and oxygen atoms in total. The summed E-state index contributed by atoms with van der Waals surface area (Å²) in [4.78, 5) is 24.5.